The van der Waals surface area contributed by atoms with Crippen LogP contribution in [0.3, 0.4) is 0 Å². The van der Waals surface area contributed by atoms with Crippen LogP contribution < -0.4 is 29.6 Å². The van der Waals surface area contributed by atoms with Crippen LogP contribution in [0.25, 0.3) is 0 Å². The second kappa shape index (κ2) is 9.11. The van der Waals surface area contributed by atoms with Gasteiger partial charge in [-0.05, 0) is 0 Å². The first kappa shape index (κ1) is 16.0. The van der Waals surface area contributed by atoms with Gasteiger partial charge >= 0.3 is 29.6 Å². The molecule has 4 heteroatoms. The van der Waals surface area contributed by atoms with Crippen LogP contribution in [0.2, 0.25) is 0 Å². The van der Waals surface area contributed by atoms with Crippen molar-refractivity contribution >= 4 is 14.4 Å². The maximum Gasteiger partial charge on any atom is 1.00 e. The summed E-state index contributed by atoms with van der Waals surface area (Å²) in [5.74, 6) is -0.833. The van der Waals surface area contributed by atoms with Gasteiger partial charge in [-0.3, -0.25) is 4.79 Å². The van der Waals surface area contributed by atoms with E-state index in [0.29, 0.717) is 0 Å². The second-order valence-electron chi connectivity index (χ2n) is 0.519. The molecule has 0 bridgehead atoms. The molecule has 0 fully saturated rings. The smallest absolute Gasteiger partial charge is 0.481 e. The molecule has 0 rings (SSSR count). The van der Waals surface area contributed by atoms with Gasteiger partial charge in [-0.15, -0.1) is 0 Å². The van der Waals surface area contributed by atoms with E-state index >= 15 is 0 Å². The molecule has 0 aromatic rings. The topological polar surface area (TPSA) is 37.3 Å². The Hall–Kier alpha value is 0.535. The number of hydrogen-bond donors (Lipinski definition) is 1. The average Bonchev–Trinajstić information content (AvgIpc) is 0.811. The van der Waals surface area contributed by atoms with Crippen molar-refractivity contribution < 1.29 is 39.5 Å². The Labute approximate surface area is 60.8 Å². The van der Waals surface area contributed by atoms with E-state index in [4.69, 9.17) is 9.90 Å². The summed E-state index contributed by atoms with van der Waals surface area (Å²) in [4.78, 5) is 9.00. The van der Waals surface area contributed by atoms with Crippen LogP contribution in [-0.4, -0.2) is 19.5 Å². The monoisotopic (exact) mass is 98.1 g/mol. The van der Waals surface area contributed by atoms with Gasteiger partial charge in [0.2, 0.25) is 0 Å². The summed E-state index contributed by atoms with van der Waals surface area (Å²) in [7, 11) is 0. The molecule has 2 nitrogen and oxygen atoms in total. The SMILES string of the molecule is CC(=O)O.[BH4-].[Na+]. The van der Waals surface area contributed by atoms with Crippen LogP contribution in [0.4, 0.5) is 0 Å². The Morgan fingerprint density at radius 3 is 1.67 bits per heavy atom. The van der Waals surface area contributed by atoms with Crippen molar-refractivity contribution in [1.29, 1.82) is 0 Å². The second-order valence-corrected chi connectivity index (χ2v) is 0.519. The van der Waals surface area contributed by atoms with Crippen molar-refractivity contribution in [1.82, 2.24) is 0 Å². The molecular weight excluding hydrogens is 89.8 g/mol. The number of carboxylic acids is 1. The molecular formula is C2H8BNaO2. The van der Waals surface area contributed by atoms with Gasteiger partial charge in [-0.2, -0.15) is 0 Å². The van der Waals surface area contributed by atoms with Crippen molar-refractivity contribution in [2.75, 3.05) is 0 Å². The predicted octanol–water partition coefficient (Wildman–Crippen LogP) is -4.36. The van der Waals surface area contributed by atoms with Gasteiger partial charge in [-0.25, -0.2) is 0 Å². The average molecular weight is 97.9 g/mol. The van der Waals surface area contributed by atoms with Crippen molar-refractivity contribution in [2.45, 2.75) is 6.92 Å². The molecule has 0 heterocycles. The molecule has 0 atom stereocenters. The van der Waals surface area contributed by atoms with Crippen LogP contribution in [0, 0.1) is 0 Å². The first-order valence-electron chi connectivity index (χ1n) is 0.928. The summed E-state index contributed by atoms with van der Waals surface area (Å²) < 4.78 is 0. The van der Waals surface area contributed by atoms with Crippen LogP contribution >= 0.6 is 0 Å². The van der Waals surface area contributed by atoms with Crippen molar-refractivity contribution in [3.63, 3.8) is 0 Å². The van der Waals surface area contributed by atoms with Crippen molar-refractivity contribution in [3.8, 4) is 0 Å². The molecule has 0 saturated heterocycles. The number of aliphatic carboxylic acids is 1. The summed E-state index contributed by atoms with van der Waals surface area (Å²) in [5, 5.41) is 7.42. The molecule has 0 aromatic heterocycles. The first-order valence-corrected chi connectivity index (χ1v) is 0.928. The zero-order valence-electron chi connectivity index (χ0n) is 3.36. The van der Waals surface area contributed by atoms with E-state index in [2.05, 4.69) is 0 Å². The standard InChI is InChI=1S/C2H4O2.BH4.Na/c1-2(3)4;;/h1H3,(H,3,4);1H4;/q;-1;+1. The molecule has 0 aliphatic rings. The molecule has 0 aliphatic carbocycles. The van der Waals surface area contributed by atoms with Gasteiger partial charge in [0.05, 0.1) is 0 Å². The number of rotatable bonds is 0. The maximum absolute atomic E-state index is 9.00. The van der Waals surface area contributed by atoms with E-state index in [1.165, 1.54) is 0 Å². The molecule has 0 aromatic carbocycles. The summed E-state index contributed by atoms with van der Waals surface area (Å²) in [6, 6.07) is 0. The first-order chi connectivity index (χ1) is 1.73. The Kier molecular flexibility index (Phi) is 24.3. The fraction of sp³-hybridized carbons (Fsp3) is 0.500. The van der Waals surface area contributed by atoms with Gasteiger partial charge in [0.15, 0.2) is 0 Å². The quantitative estimate of drug-likeness (QED) is 0.311. The minimum Gasteiger partial charge on any atom is -0.481 e. The van der Waals surface area contributed by atoms with Crippen LogP contribution in [-0.2, 0) is 4.79 Å². The molecule has 0 radical (unpaired) electrons. The Morgan fingerprint density at radius 2 is 1.67 bits per heavy atom. The molecule has 1 N–H and O–H groups in total. The summed E-state index contributed by atoms with van der Waals surface area (Å²) in [5.41, 5.74) is 0. The zero-order chi connectivity index (χ0) is 3.58. The number of carbonyl (C=O) groups is 1. The molecule has 6 heavy (non-hydrogen) atoms. The predicted molar refractivity (Wildman–Crippen MR) is 24.6 cm³/mol. The molecule has 0 aliphatic heterocycles. The van der Waals surface area contributed by atoms with E-state index in [9.17, 15) is 0 Å². The van der Waals surface area contributed by atoms with E-state index < -0.39 is 5.97 Å². The van der Waals surface area contributed by atoms with E-state index in [0.717, 1.165) is 6.92 Å². The van der Waals surface area contributed by atoms with E-state index in [1.807, 2.05) is 0 Å². The molecule has 0 unspecified atom stereocenters. The largest absolute Gasteiger partial charge is 1.00 e. The Morgan fingerprint density at radius 1 is 1.67 bits per heavy atom. The fourth-order valence-electron chi connectivity index (χ4n) is 0. The Balaban J connectivity index is -0.0000000450. The third kappa shape index (κ3) is 198. The number of hydrogen-bond acceptors (Lipinski definition) is 1. The van der Waals surface area contributed by atoms with Crippen LogP contribution in [0.5, 0.6) is 0 Å². The van der Waals surface area contributed by atoms with Gasteiger partial charge in [0.25, 0.3) is 5.97 Å². The Bertz CT molecular complexity index is 34.5. The van der Waals surface area contributed by atoms with Crippen molar-refractivity contribution in [3.05, 3.63) is 0 Å². The van der Waals surface area contributed by atoms with Gasteiger partial charge in [0, 0.05) is 6.92 Å². The maximum atomic E-state index is 9.00. The van der Waals surface area contributed by atoms with Gasteiger partial charge in [-0.1, -0.05) is 8.41 Å². The molecule has 0 amide bonds. The minimum absolute atomic E-state index is 0. The zero-order valence-corrected chi connectivity index (χ0v) is 5.36. The molecule has 0 saturated carbocycles. The summed E-state index contributed by atoms with van der Waals surface area (Å²) in [6.45, 7) is 1.08. The minimum atomic E-state index is -0.833. The van der Waals surface area contributed by atoms with Gasteiger partial charge in [0.1, 0.15) is 0 Å². The summed E-state index contributed by atoms with van der Waals surface area (Å²) >= 11 is 0. The molecule has 32 valence electrons. The summed E-state index contributed by atoms with van der Waals surface area (Å²) in [6.07, 6.45) is 0. The third-order valence-corrected chi connectivity index (χ3v) is 0. The van der Waals surface area contributed by atoms with E-state index in [1.54, 1.807) is 0 Å². The normalized spacial score (nSPS) is 4.17. The van der Waals surface area contributed by atoms with Crippen LogP contribution in [0.1, 0.15) is 6.92 Å². The molecule has 0 spiro atoms. The van der Waals surface area contributed by atoms with E-state index in [-0.39, 0.29) is 38.0 Å². The number of carboxylic acid groups (broad SMARTS) is 1. The third-order valence-electron chi connectivity index (χ3n) is 0. The van der Waals surface area contributed by atoms with Crippen LogP contribution in [0.15, 0.2) is 0 Å². The van der Waals surface area contributed by atoms with Gasteiger partial charge < -0.3 is 5.11 Å². The fourth-order valence-corrected chi connectivity index (χ4v) is 0. The van der Waals surface area contributed by atoms with Crippen molar-refractivity contribution in [2.24, 2.45) is 0 Å².